The second-order valence-corrected chi connectivity index (χ2v) is 8.51. The van der Waals surface area contributed by atoms with Gasteiger partial charge in [-0.25, -0.2) is 0 Å². The zero-order valence-electron chi connectivity index (χ0n) is 12.5. The van der Waals surface area contributed by atoms with Crippen molar-refractivity contribution in [1.82, 2.24) is 4.90 Å². The van der Waals surface area contributed by atoms with Crippen molar-refractivity contribution >= 4 is 5.91 Å². The van der Waals surface area contributed by atoms with Crippen molar-refractivity contribution in [1.29, 1.82) is 0 Å². The van der Waals surface area contributed by atoms with Crippen LogP contribution in [-0.4, -0.2) is 23.4 Å². The maximum Gasteiger partial charge on any atom is 0.229 e. The number of piperidine rings is 1. The highest BCUT2D eigenvalue weighted by Gasteiger charge is 2.67. The van der Waals surface area contributed by atoms with Gasteiger partial charge in [0.05, 0.1) is 5.41 Å². The molecule has 2 nitrogen and oxygen atoms in total. The summed E-state index contributed by atoms with van der Waals surface area (Å²) in [6.07, 6.45) is 13.4. The third-order valence-electron chi connectivity index (χ3n) is 7.81. The van der Waals surface area contributed by atoms with Crippen LogP contribution in [0.2, 0.25) is 0 Å². The Morgan fingerprint density at radius 2 is 1.60 bits per heavy atom. The zero-order valence-corrected chi connectivity index (χ0v) is 12.5. The first-order chi connectivity index (χ1) is 9.78. The molecule has 0 aromatic rings. The first-order valence-electron chi connectivity index (χ1n) is 9.09. The lowest BCUT2D eigenvalue weighted by atomic mass is 9.74. The zero-order chi connectivity index (χ0) is 13.3. The van der Waals surface area contributed by atoms with Gasteiger partial charge in [-0.15, -0.1) is 0 Å². The molecule has 5 aliphatic carbocycles. The minimum Gasteiger partial charge on any atom is -0.339 e. The van der Waals surface area contributed by atoms with E-state index in [0.29, 0.717) is 11.9 Å². The number of carbonyl (C=O) groups excluding carboxylic acids is 1. The second-order valence-electron chi connectivity index (χ2n) is 8.51. The van der Waals surface area contributed by atoms with E-state index in [1.54, 1.807) is 0 Å². The highest BCUT2D eigenvalue weighted by molar-refractivity contribution is 5.85. The molecular formula is C18H27NO. The predicted octanol–water partition coefficient (Wildman–Crippen LogP) is 3.60. The van der Waals surface area contributed by atoms with Crippen molar-refractivity contribution in [2.24, 2.45) is 29.1 Å². The van der Waals surface area contributed by atoms with E-state index in [1.165, 1.54) is 64.2 Å². The predicted molar refractivity (Wildman–Crippen MR) is 78.1 cm³/mol. The summed E-state index contributed by atoms with van der Waals surface area (Å²) in [5, 5.41) is 0. The molecule has 1 saturated heterocycles. The van der Waals surface area contributed by atoms with Crippen molar-refractivity contribution < 1.29 is 4.79 Å². The average molecular weight is 273 g/mol. The lowest BCUT2D eigenvalue weighted by Crippen LogP contribution is -2.54. The largest absolute Gasteiger partial charge is 0.339 e. The number of amides is 1. The van der Waals surface area contributed by atoms with Gasteiger partial charge in [0, 0.05) is 12.6 Å². The van der Waals surface area contributed by atoms with Gasteiger partial charge in [0.25, 0.3) is 0 Å². The molecular weight excluding hydrogens is 246 g/mol. The van der Waals surface area contributed by atoms with Gasteiger partial charge in [0.1, 0.15) is 0 Å². The Morgan fingerprint density at radius 3 is 2.30 bits per heavy atom. The molecule has 0 spiro atoms. The standard InChI is InChI=1S/C18H27NO/c20-17(18-10-13-8-15(18)9-14(13)11-18)19-7-3-5-12-4-1-2-6-16(12)19/h12-16H,1-11H2. The van der Waals surface area contributed by atoms with Crippen LogP contribution in [0.25, 0.3) is 0 Å². The van der Waals surface area contributed by atoms with E-state index >= 15 is 0 Å². The number of hydrogen-bond donors (Lipinski definition) is 0. The van der Waals surface area contributed by atoms with Gasteiger partial charge in [-0.3, -0.25) is 4.79 Å². The molecule has 0 N–H and O–H groups in total. The lowest BCUT2D eigenvalue weighted by Gasteiger charge is -2.47. The molecule has 6 fully saturated rings. The lowest BCUT2D eigenvalue weighted by molar-refractivity contribution is -0.149. The minimum absolute atomic E-state index is 0.134. The molecule has 110 valence electrons. The van der Waals surface area contributed by atoms with Crippen molar-refractivity contribution in [3.8, 4) is 0 Å². The van der Waals surface area contributed by atoms with Gasteiger partial charge >= 0.3 is 0 Å². The Morgan fingerprint density at radius 1 is 0.900 bits per heavy atom. The normalized spacial score (nSPS) is 52.6. The van der Waals surface area contributed by atoms with Crippen LogP contribution in [0.5, 0.6) is 0 Å². The van der Waals surface area contributed by atoms with Gasteiger partial charge in [0.2, 0.25) is 5.91 Å². The molecule has 4 bridgehead atoms. The molecule has 6 aliphatic rings. The molecule has 0 radical (unpaired) electrons. The fourth-order valence-electron chi connectivity index (χ4n) is 7.03. The van der Waals surface area contributed by atoms with Crippen molar-refractivity contribution in [3.63, 3.8) is 0 Å². The van der Waals surface area contributed by atoms with Crippen LogP contribution in [0.15, 0.2) is 0 Å². The number of likely N-dealkylation sites (tertiary alicyclic amines) is 1. The van der Waals surface area contributed by atoms with Crippen LogP contribution >= 0.6 is 0 Å². The fraction of sp³-hybridized carbons (Fsp3) is 0.944. The summed E-state index contributed by atoms with van der Waals surface area (Å²) < 4.78 is 0. The molecule has 1 amide bonds. The fourth-order valence-corrected chi connectivity index (χ4v) is 7.03. The molecule has 1 aliphatic heterocycles. The van der Waals surface area contributed by atoms with E-state index in [0.717, 1.165) is 30.2 Å². The third-order valence-corrected chi connectivity index (χ3v) is 7.81. The first kappa shape index (κ1) is 12.1. The Bertz CT molecular complexity index is 429. The van der Waals surface area contributed by atoms with E-state index in [9.17, 15) is 4.79 Å². The topological polar surface area (TPSA) is 20.3 Å². The van der Waals surface area contributed by atoms with E-state index in [-0.39, 0.29) is 5.41 Å². The number of hydrogen-bond acceptors (Lipinski definition) is 1. The van der Waals surface area contributed by atoms with Gasteiger partial charge in [-0.2, -0.15) is 0 Å². The summed E-state index contributed by atoms with van der Waals surface area (Å²) in [5.41, 5.74) is 0.134. The molecule has 4 unspecified atom stereocenters. The summed E-state index contributed by atoms with van der Waals surface area (Å²) >= 11 is 0. The molecule has 6 rings (SSSR count). The van der Waals surface area contributed by atoms with Crippen LogP contribution in [-0.2, 0) is 4.79 Å². The molecule has 2 heteroatoms. The quantitative estimate of drug-likeness (QED) is 0.715. The molecule has 1 heterocycles. The average Bonchev–Trinajstić information content (AvgIpc) is 3.20. The summed E-state index contributed by atoms with van der Waals surface area (Å²) in [7, 11) is 0. The van der Waals surface area contributed by atoms with Crippen molar-refractivity contribution in [3.05, 3.63) is 0 Å². The number of carbonyl (C=O) groups is 1. The highest BCUT2D eigenvalue weighted by atomic mass is 16.2. The second kappa shape index (κ2) is 4.01. The Kier molecular flexibility index (Phi) is 2.42. The molecule has 0 aromatic carbocycles. The van der Waals surface area contributed by atoms with Crippen LogP contribution in [0.4, 0.5) is 0 Å². The molecule has 4 atom stereocenters. The number of fused-ring (bicyclic) bond motifs is 1. The van der Waals surface area contributed by atoms with Gasteiger partial charge in [-0.05, 0) is 75.0 Å². The summed E-state index contributed by atoms with van der Waals surface area (Å²) in [4.78, 5) is 15.8. The van der Waals surface area contributed by atoms with Crippen molar-refractivity contribution in [2.75, 3.05) is 6.54 Å². The van der Waals surface area contributed by atoms with Gasteiger partial charge in [-0.1, -0.05) is 12.8 Å². The summed E-state index contributed by atoms with van der Waals surface area (Å²) in [6.45, 7) is 1.07. The van der Waals surface area contributed by atoms with Crippen molar-refractivity contribution in [2.45, 2.75) is 70.3 Å². The molecule has 0 aromatic heterocycles. The molecule has 5 saturated carbocycles. The highest BCUT2D eigenvalue weighted by Crippen LogP contribution is 2.70. The molecule has 20 heavy (non-hydrogen) atoms. The number of rotatable bonds is 1. The van der Waals surface area contributed by atoms with Crippen LogP contribution in [0.3, 0.4) is 0 Å². The smallest absolute Gasteiger partial charge is 0.229 e. The van der Waals surface area contributed by atoms with E-state index < -0.39 is 0 Å². The first-order valence-corrected chi connectivity index (χ1v) is 9.09. The maximum absolute atomic E-state index is 13.4. The van der Waals surface area contributed by atoms with Gasteiger partial charge in [0.15, 0.2) is 0 Å². The monoisotopic (exact) mass is 273 g/mol. The van der Waals surface area contributed by atoms with E-state index in [1.807, 2.05) is 0 Å². The minimum atomic E-state index is 0.134. The van der Waals surface area contributed by atoms with Crippen LogP contribution in [0, 0.1) is 29.1 Å². The Balaban J connectivity index is 1.43. The summed E-state index contributed by atoms with van der Waals surface area (Å²) in [6, 6.07) is 0.622. The Labute approximate surface area is 122 Å². The number of nitrogens with zero attached hydrogens (tertiary/aromatic N) is 1. The third kappa shape index (κ3) is 1.39. The van der Waals surface area contributed by atoms with E-state index in [2.05, 4.69) is 4.90 Å². The summed E-state index contributed by atoms with van der Waals surface area (Å²) in [5.74, 6) is 4.08. The van der Waals surface area contributed by atoms with E-state index in [4.69, 9.17) is 0 Å². The maximum atomic E-state index is 13.4. The van der Waals surface area contributed by atoms with Crippen LogP contribution in [0.1, 0.15) is 64.2 Å². The Hall–Kier alpha value is -0.530. The SMILES string of the molecule is O=C(N1CCCC2CCCCC21)C12CC3CC1CC3C2. The van der Waals surface area contributed by atoms with Crippen LogP contribution < -0.4 is 0 Å². The van der Waals surface area contributed by atoms with Gasteiger partial charge < -0.3 is 4.90 Å².